The lowest BCUT2D eigenvalue weighted by Crippen LogP contribution is -2.32. The van der Waals surface area contributed by atoms with E-state index in [-0.39, 0.29) is 17.8 Å². The van der Waals surface area contributed by atoms with E-state index in [0.29, 0.717) is 42.7 Å². The van der Waals surface area contributed by atoms with Crippen molar-refractivity contribution < 1.29 is 18.7 Å². The third-order valence-electron chi connectivity index (χ3n) is 4.78. The fraction of sp³-hybridized carbons (Fsp3) is 0.300. The van der Waals surface area contributed by atoms with Crippen molar-refractivity contribution >= 4 is 5.91 Å². The highest BCUT2D eigenvalue weighted by Gasteiger charge is 2.30. The maximum Gasteiger partial charge on any atom is 0.272 e. The summed E-state index contributed by atoms with van der Waals surface area (Å²) in [5.41, 5.74) is 1.84. The number of aromatic nitrogens is 4. The lowest BCUT2D eigenvalue weighted by molar-refractivity contribution is 0.0760. The third-order valence-corrected chi connectivity index (χ3v) is 4.78. The number of methoxy groups -OCH3 is 1. The van der Waals surface area contributed by atoms with Crippen molar-refractivity contribution in [3.8, 4) is 23.0 Å². The molecule has 150 valence electrons. The minimum absolute atomic E-state index is 0.125. The predicted molar refractivity (Wildman–Crippen MR) is 102 cm³/mol. The second-order valence-electron chi connectivity index (χ2n) is 6.74. The molecule has 29 heavy (non-hydrogen) atoms. The van der Waals surface area contributed by atoms with Crippen molar-refractivity contribution in [1.29, 1.82) is 0 Å². The van der Waals surface area contributed by atoms with Crippen molar-refractivity contribution in [2.24, 2.45) is 7.05 Å². The van der Waals surface area contributed by atoms with Gasteiger partial charge in [-0.25, -0.2) is 4.39 Å². The average Bonchev–Trinajstić information content (AvgIpc) is 3.35. The Bertz CT molecular complexity index is 1000. The number of benzene rings is 1. The van der Waals surface area contributed by atoms with Crippen LogP contribution in [0.15, 0.2) is 42.5 Å². The molecule has 1 amide bonds. The monoisotopic (exact) mass is 397 g/mol. The minimum atomic E-state index is -0.314. The van der Waals surface area contributed by atoms with Gasteiger partial charge in [0.05, 0.1) is 19.3 Å². The van der Waals surface area contributed by atoms with Gasteiger partial charge < -0.3 is 14.4 Å². The summed E-state index contributed by atoms with van der Waals surface area (Å²) in [6.07, 6.45) is 0.536. The van der Waals surface area contributed by atoms with E-state index in [0.717, 1.165) is 5.56 Å². The number of hydrogen-bond donors (Lipinski definition) is 0. The summed E-state index contributed by atoms with van der Waals surface area (Å²) in [5.74, 6) is 0.365. The molecule has 4 rings (SSSR count). The van der Waals surface area contributed by atoms with Crippen molar-refractivity contribution in [3.05, 3.63) is 54.0 Å². The first kappa shape index (κ1) is 18.9. The number of aryl methyl sites for hydroxylation is 1. The largest absolute Gasteiger partial charge is 0.480 e. The van der Waals surface area contributed by atoms with Gasteiger partial charge in [-0.3, -0.25) is 9.48 Å². The van der Waals surface area contributed by atoms with Gasteiger partial charge >= 0.3 is 0 Å². The topological polar surface area (TPSA) is 82.4 Å². The number of carbonyl (C=O) groups is 1. The van der Waals surface area contributed by atoms with Gasteiger partial charge in [-0.2, -0.15) is 5.10 Å². The van der Waals surface area contributed by atoms with Crippen LogP contribution in [0, 0.1) is 5.82 Å². The first-order chi connectivity index (χ1) is 14.0. The fourth-order valence-corrected chi connectivity index (χ4v) is 3.25. The molecule has 1 fully saturated rings. The normalized spacial score (nSPS) is 16.1. The van der Waals surface area contributed by atoms with Gasteiger partial charge in [0.2, 0.25) is 11.8 Å². The van der Waals surface area contributed by atoms with Crippen LogP contribution in [0.2, 0.25) is 0 Å². The van der Waals surface area contributed by atoms with E-state index in [4.69, 9.17) is 9.47 Å². The number of rotatable bonds is 5. The first-order valence-corrected chi connectivity index (χ1v) is 9.17. The van der Waals surface area contributed by atoms with E-state index >= 15 is 0 Å². The zero-order chi connectivity index (χ0) is 20.4. The number of hydrogen-bond acceptors (Lipinski definition) is 6. The Morgan fingerprint density at radius 3 is 2.55 bits per heavy atom. The summed E-state index contributed by atoms with van der Waals surface area (Å²) in [6, 6.07) is 11.1. The van der Waals surface area contributed by atoms with E-state index in [2.05, 4.69) is 15.3 Å². The number of carbonyl (C=O) groups excluding carboxylic acids is 1. The first-order valence-electron chi connectivity index (χ1n) is 9.17. The SMILES string of the molecule is COc1ccc(OC2CCN(C(=O)c3cc(-c4ccc(F)cc4)nn3C)C2)nn1. The van der Waals surface area contributed by atoms with E-state index in [1.165, 1.54) is 19.2 Å². The van der Waals surface area contributed by atoms with Crippen LogP contribution in [0.3, 0.4) is 0 Å². The quantitative estimate of drug-likeness (QED) is 0.657. The summed E-state index contributed by atoms with van der Waals surface area (Å²) in [5, 5.41) is 12.2. The average molecular weight is 397 g/mol. The van der Waals surface area contributed by atoms with Gasteiger partial charge in [-0.15, -0.1) is 10.2 Å². The molecule has 0 saturated carbocycles. The molecular weight excluding hydrogens is 377 g/mol. The van der Waals surface area contributed by atoms with E-state index in [1.807, 2.05) is 0 Å². The van der Waals surface area contributed by atoms with Crippen molar-refractivity contribution in [2.45, 2.75) is 12.5 Å². The number of amides is 1. The maximum atomic E-state index is 13.1. The maximum absolute atomic E-state index is 13.1. The van der Waals surface area contributed by atoms with Crippen molar-refractivity contribution in [3.63, 3.8) is 0 Å². The van der Waals surface area contributed by atoms with Gasteiger partial charge in [-0.05, 0) is 30.3 Å². The Morgan fingerprint density at radius 2 is 1.86 bits per heavy atom. The Labute approximate surface area is 166 Å². The highest BCUT2D eigenvalue weighted by molar-refractivity contribution is 5.94. The second kappa shape index (κ2) is 7.86. The molecule has 1 saturated heterocycles. The molecule has 0 aliphatic carbocycles. The third kappa shape index (κ3) is 4.03. The van der Waals surface area contributed by atoms with Crippen LogP contribution < -0.4 is 9.47 Å². The molecule has 9 heteroatoms. The Balaban J connectivity index is 1.43. The molecule has 0 bridgehead atoms. The van der Waals surface area contributed by atoms with Gasteiger partial charge in [0.25, 0.3) is 5.91 Å². The highest BCUT2D eigenvalue weighted by atomic mass is 19.1. The summed E-state index contributed by atoms with van der Waals surface area (Å²) in [4.78, 5) is 14.7. The molecule has 8 nitrogen and oxygen atoms in total. The van der Waals surface area contributed by atoms with Crippen LogP contribution >= 0.6 is 0 Å². The number of halogens is 1. The smallest absolute Gasteiger partial charge is 0.272 e. The summed E-state index contributed by atoms with van der Waals surface area (Å²) in [6.45, 7) is 1.02. The lowest BCUT2D eigenvalue weighted by atomic mass is 10.1. The zero-order valence-corrected chi connectivity index (χ0v) is 16.1. The van der Waals surface area contributed by atoms with Gasteiger partial charge in [0, 0.05) is 37.7 Å². The van der Waals surface area contributed by atoms with Crippen LogP contribution in [0.1, 0.15) is 16.9 Å². The molecule has 1 atom stereocenters. The number of likely N-dealkylation sites (tertiary alicyclic amines) is 1. The molecule has 3 heterocycles. The molecule has 3 aromatic rings. The van der Waals surface area contributed by atoms with Crippen LogP contribution in [0.4, 0.5) is 4.39 Å². The molecule has 2 aromatic heterocycles. The van der Waals surface area contributed by atoms with Crippen LogP contribution in [-0.2, 0) is 7.05 Å². The van der Waals surface area contributed by atoms with E-state index in [1.54, 1.807) is 47.0 Å². The van der Waals surface area contributed by atoms with Crippen LogP contribution in [-0.4, -0.2) is 57.1 Å². The molecule has 0 radical (unpaired) electrons. The van der Waals surface area contributed by atoms with Gasteiger partial charge in [0.1, 0.15) is 17.6 Å². The highest BCUT2D eigenvalue weighted by Crippen LogP contribution is 2.23. The Kier molecular flexibility index (Phi) is 5.11. The molecule has 1 aliphatic heterocycles. The zero-order valence-electron chi connectivity index (χ0n) is 16.1. The summed E-state index contributed by atoms with van der Waals surface area (Å²) >= 11 is 0. The molecule has 0 spiro atoms. The minimum Gasteiger partial charge on any atom is -0.480 e. The van der Waals surface area contributed by atoms with Crippen LogP contribution in [0.25, 0.3) is 11.3 Å². The fourth-order valence-electron chi connectivity index (χ4n) is 3.25. The molecular formula is C20H20FN5O3. The predicted octanol–water partition coefficient (Wildman–Crippen LogP) is 2.32. The van der Waals surface area contributed by atoms with Crippen molar-refractivity contribution in [1.82, 2.24) is 24.9 Å². The van der Waals surface area contributed by atoms with Crippen molar-refractivity contribution in [2.75, 3.05) is 20.2 Å². The number of nitrogens with zero attached hydrogens (tertiary/aromatic N) is 5. The molecule has 1 aromatic carbocycles. The van der Waals surface area contributed by atoms with Crippen LogP contribution in [0.5, 0.6) is 11.8 Å². The standard InChI is InChI=1S/C20H20FN5O3/c1-25-17(11-16(24-25)13-3-5-14(21)6-4-13)20(27)26-10-9-15(12-26)29-19-8-7-18(28-2)22-23-19/h3-8,11,15H,9-10,12H2,1-2H3. The lowest BCUT2D eigenvalue weighted by Gasteiger charge is -2.16. The van der Waals surface area contributed by atoms with Gasteiger partial charge in [-0.1, -0.05) is 0 Å². The van der Waals surface area contributed by atoms with E-state index < -0.39 is 0 Å². The van der Waals surface area contributed by atoms with Gasteiger partial charge in [0.15, 0.2) is 0 Å². The molecule has 1 aliphatic rings. The Hall–Kier alpha value is -3.49. The summed E-state index contributed by atoms with van der Waals surface area (Å²) in [7, 11) is 3.24. The Morgan fingerprint density at radius 1 is 1.14 bits per heavy atom. The second-order valence-corrected chi connectivity index (χ2v) is 6.74. The number of ether oxygens (including phenoxy) is 2. The molecule has 1 unspecified atom stereocenters. The molecule has 0 N–H and O–H groups in total. The van der Waals surface area contributed by atoms with E-state index in [9.17, 15) is 9.18 Å². The summed E-state index contributed by atoms with van der Waals surface area (Å²) < 4.78 is 25.5.